The zero-order valence-corrected chi connectivity index (χ0v) is 18.2. The molecule has 0 fully saturated rings. The summed E-state index contributed by atoms with van der Waals surface area (Å²) in [6.45, 7) is 1.92. The highest BCUT2D eigenvalue weighted by Crippen LogP contribution is 2.28. The van der Waals surface area contributed by atoms with Crippen molar-refractivity contribution in [1.82, 2.24) is 0 Å². The Kier molecular flexibility index (Phi) is 10.3. The third-order valence-corrected chi connectivity index (χ3v) is 3.69. The first-order valence-corrected chi connectivity index (χ1v) is 8.27. The number of benzene rings is 2. The highest BCUT2D eigenvalue weighted by molar-refractivity contribution is 14.0. The highest BCUT2D eigenvalue weighted by atomic mass is 127. The summed E-state index contributed by atoms with van der Waals surface area (Å²) < 4.78 is 15.6. The maximum absolute atomic E-state index is 6.00. The van der Waals surface area contributed by atoms with Gasteiger partial charge in [-0.2, -0.15) is 0 Å². The summed E-state index contributed by atoms with van der Waals surface area (Å²) in [5.41, 5.74) is 8.80. The number of nitrogens with one attached hydrogen (secondary N) is 2. The smallest absolute Gasteiger partial charge is 0.193 e. The van der Waals surface area contributed by atoms with E-state index in [0.29, 0.717) is 36.3 Å². The number of aliphatic imine (C=N–C) groups is 1. The van der Waals surface area contributed by atoms with Gasteiger partial charge in [0.15, 0.2) is 5.96 Å². The number of hydrogen-bond acceptors (Lipinski definition) is 5. The molecule has 0 aliphatic heterocycles. The minimum absolute atomic E-state index is 0. The molecular weight excluding hydrogens is 459 g/mol. The molecule has 2 aromatic rings. The number of anilines is 2. The van der Waals surface area contributed by atoms with E-state index >= 15 is 0 Å². The van der Waals surface area contributed by atoms with Crippen LogP contribution in [0.5, 0.6) is 11.5 Å². The van der Waals surface area contributed by atoms with Crippen molar-refractivity contribution < 1.29 is 14.2 Å². The molecule has 4 N–H and O–H groups in total. The Hall–Kier alpha value is -2.20. The van der Waals surface area contributed by atoms with Crippen molar-refractivity contribution in [2.75, 3.05) is 45.1 Å². The van der Waals surface area contributed by atoms with Crippen LogP contribution in [0.15, 0.2) is 47.5 Å². The fourth-order valence-electron chi connectivity index (χ4n) is 2.29. The van der Waals surface area contributed by atoms with Crippen molar-refractivity contribution in [2.24, 2.45) is 10.7 Å². The minimum atomic E-state index is 0. The van der Waals surface area contributed by atoms with Crippen molar-refractivity contribution in [1.29, 1.82) is 0 Å². The molecule has 0 heterocycles. The van der Waals surface area contributed by atoms with Crippen LogP contribution in [-0.2, 0) is 11.3 Å². The van der Waals surface area contributed by atoms with E-state index < -0.39 is 0 Å². The minimum Gasteiger partial charge on any atom is -0.497 e. The summed E-state index contributed by atoms with van der Waals surface area (Å²) in [5, 5.41) is 6.32. The summed E-state index contributed by atoms with van der Waals surface area (Å²) >= 11 is 0. The number of hydrogen-bond donors (Lipinski definition) is 3. The zero-order chi connectivity index (χ0) is 18.8. The molecule has 2 aromatic carbocycles. The maximum Gasteiger partial charge on any atom is 0.193 e. The van der Waals surface area contributed by atoms with E-state index in [0.717, 1.165) is 17.8 Å². The Morgan fingerprint density at radius 2 is 1.78 bits per heavy atom. The molecule has 0 amide bonds. The molecule has 2 rings (SSSR count). The van der Waals surface area contributed by atoms with Gasteiger partial charge in [0.2, 0.25) is 0 Å². The standard InChI is InChI=1S/C19H26N4O3.HI/c1-24-11-10-21-15-6-4-14(5-7-15)13-22-19(20)23-17-12-16(25-2)8-9-18(17)26-3;/h4-9,12,21H,10-11,13H2,1-3H3,(H3,20,22,23);1H. The topological polar surface area (TPSA) is 90.1 Å². The highest BCUT2D eigenvalue weighted by Gasteiger charge is 2.06. The van der Waals surface area contributed by atoms with Crippen molar-refractivity contribution in [3.05, 3.63) is 48.0 Å². The average molecular weight is 486 g/mol. The number of nitrogens with two attached hydrogens (primary N) is 1. The lowest BCUT2D eigenvalue weighted by Gasteiger charge is -2.12. The molecule has 0 unspecified atom stereocenters. The van der Waals surface area contributed by atoms with Gasteiger partial charge >= 0.3 is 0 Å². The molecule has 0 aliphatic rings. The van der Waals surface area contributed by atoms with Gasteiger partial charge in [-0.25, -0.2) is 4.99 Å². The average Bonchev–Trinajstić information content (AvgIpc) is 2.67. The largest absolute Gasteiger partial charge is 0.497 e. The Morgan fingerprint density at radius 1 is 1.04 bits per heavy atom. The molecule has 7 nitrogen and oxygen atoms in total. The van der Waals surface area contributed by atoms with Crippen LogP contribution in [0.2, 0.25) is 0 Å². The molecule has 0 radical (unpaired) electrons. The van der Waals surface area contributed by atoms with Gasteiger partial charge in [-0.15, -0.1) is 24.0 Å². The molecule has 0 saturated carbocycles. The Labute approximate surface area is 177 Å². The maximum atomic E-state index is 6.00. The quantitative estimate of drug-likeness (QED) is 0.218. The van der Waals surface area contributed by atoms with Crippen molar-refractivity contribution in [2.45, 2.75) is 6.54 Å². The lowest BCUT2D eigenvalue weighted by molar-refractivity contribution is 0.211. The van der Waals surface area contributed by atoms with Crippen molar-refractivity contribution in [3.8, 4) is 11.5 Å². The predicted molar refractivity (Wildman–Crippen MR) is 121 cm³/mol. The van der Waals surface area contributed by atoms with E-state index in [4.69, 9.17) is 19.9 Å². The van der Waals surface area contributed by atoms with E-state index in [2.05, 4.69) is 15.6 Å². The van der Waals surface area contributed by atoms with Crippen LogP contribution in [0.3, 0.4) is 0 Å². The summed E-state index contributed by atoms with van der Waals surface area (Å²) in [4.78, 5) is 4.37. The zero-order valence-electron chi connectivity index (χ0n) is 15.8. The molecule has 0 aliphatic carbocycles. The van der Waals surface area contributed by atoms with Crippen LogP contribution in [0.25, 0.3) is 0 Å². The number of guanidine groups is 1. The molecule has 0 bridgehead atoms. The number of rotatable bonds is 9. The van der Waals surface area contributed by atoms with E-state index in [1.54, 1.807) is 21.3 Å². The molecule has 0 saturated heterocycles. The first-order valence-electron chi connectivity index (χ1n) is 8.27. The Balaban J connectivity index is 0.00000364. The molecular formula is C19H27IN4O3. The summed E-state index contributed by atoms with van der Waals surface area (Å²) in [7, 11) is 4.89. The first-order chi connectivity index (χ1) is 12.7. The van der Waals surface area contributed by atoms with Crippen LogP contribution in [0.4, 0.5) is 11.4 Å². The molecule has 0 spiro atoms. The van der Waals surface area contributed by atoms with Gasteiger partial charge in [0.25, 0.3) is 0 Å². The normalized spacial score (nSPS) is 10.7. The van der Waals surface area contributed by atoms with Crippen LogP contribution in [-0.4, -0.2) is 40.4 Å². The van der Waals surface area contributed by atoms with E-state index in [-0.39, 0.29) is 24.0 Å². The molecule has 8 heteroatoms. The summed E-state index contributed by atoms with van der Waals surface area (Å²) in [6.07, 6.45) is 0. The van der Waals surface area contributed by atoms with Gasteiger partial charge in [-0.1, -0.05) is 12.1 Å². The summed E-state index contributed by atoms with van der Waals surface area (Å²) in [5.74, 6) is 1.67. The number of nitrogens with zero attached hydrogens (tertiary/aromatic N) is 1. The van der Waals surface area contributed by atoms with Gasteiger partial charge in [0.1, 0.15) is 11.5 Å². The number of methoxy groups -OCH3 is 3. The number of halogens is 1. The summed E-state index contributed by atoms with van der Waals surface area (Å²) in [6, 6.07) is 13.5. The fraction of sp³-hybridized carbons (Fsp3) is 0.316. The Morgan fingerprint density at radius 3 is 2.41 bits per heavy atom. The van der Waals surface area contributed by atoms with Gasteiger partial charge < -0.3 is 30.6 Å². The van der Waals surface area contributed by atoms with E-state index in [1.165, 1.54) is 0 Å². The second-order valence-corrected chi connectivity index (χ2v) is 5.51. The van der Waals surface area contributed by atoms with E-state index in [1.807, 2.05) is 42.5 Å². The van der Waals surface area contributed by atoms with Crippen molar-refractivity contribution >= 4 is 41.3 Å². The van der Waals surface area contributed by atoms with Gasteiger partial charge in [0.05, 0.1) is 33.1 Å². The SMILES string of the molecule is COCCNc1ccc(CN=C(N)Nc2cc(OC)ccc2OC)cc1.I. The van der Waals surface area contributed by atoms with Gasteiger partial charge in [-0.3, -0.25) is 0 Å². The third-order valence-electron chi connectivity index (χ3n) is 3.69. The lowest BCUT2D eigenvalue weighted by Crippen LogP contribution is -2.23. The van der Waals surface area contributed by atoms with Crippen LogP contribution >= 0.6 is 24.0 Å². The predicted octanol–water partition coefficient (Wildman–Crippen LogP) is 3.31. The first kappa shape index (κ1) is 22.8. The molecule has 27 heavy (non-hydrogen) atoms. The van der Waals surface area contributed by atoms with Crippen LogP contribution in [0, 0.1) is 0 Å². The van der Waals surface area contributed by atoms with Crippen LogP contribution in [0.1, 0.15) is 5.56 Å². The molecule has 0 aromatic heterocycles. The van der Waals surface area contributed by atoms with Gasteiger partial charge in [-0.05, 0) is 29.8 Å². The fourth-order valence-corrected chi connectivity index (χ4v) is 2.29. The van der Waals surface area contributed by atoms with E-state index in [9.17, 15) is 0 Å². The Bertz CT molecular complexity index is 723. The molecule has 0 atom stereocenters. The number of ether oxygens (including phenoxy) is 3. The second kappa shape index (κ2) is 12.2. The van der Waals surface area contributed by atoms with Gasteiger partial charge in [0, 0.05) is 25.4 Å². The third kappa shape index (κ3) is 7.51. The second-order valence-electron chi connectivity index (χ2n) is 5.51. The lowest BCUT2D eigenvalue weighted by atomic mass is 10.2. The van der Waals surface area contributed by atoms with Crippen molar-refractivity contribution in [3.63, 3.8) is 0 Å². The van der Waals surface area contributed by atoms with Crippen LogP contribution < -0.4 is 25.8 Å². The molecule has 148 valence electrons. The monoisotopic (exact) mass is 486 g/mol.